The molecule has 0 saturated heterocycles. The molecule has 0 aliphatic heterocycles. The smallest absolute Gasteiger partial charge is 0.241 e. The van der Waals surface area contributed by atoms with Gasteiger partial charge in [-0.05, 0) is 30.7 Å². The van der Waals surface area contributed by atoms with Crippen LogP contribution in [0.2, 0.25) is 0 Å². The number of nitrogen functional groups attached to an aromatic ring is 1. The van der Waals surface area contributed by atoms with Crippen molar-refractivity contribution in [2.75, 3.05) is 12.3 Å². The molecule has 0 aliphatic rings. The predicted octanol–water partition coefficient (Wildman–Crippen LogP) is 0.489. The third-order valence-corrected chi connectivity index (χ3v) is 3.13. The lowest BCUT2D eigenvalue weighted by Crippen LogP contribution is -2.24. The van der Waals surface area contributed by atoms with Crippen molar-refractivity contribution in [1.29, 1.82) is 0 Å². The van der Waals surface area contributed by atoms with Gasteiger partial charge in [0.1, 0.15) is 0 Å². The van der Waals surface area contributed by atoms with Crippen molar-refractivity contribution < 1.29 is 8.42 Å². The van der Waals surface area contributed by atoms with Crippen molar-refractivity contribution in [2.24, 2.45) is 0 Å². The summed E-state index contributed by atoms with van der Waals surface area (Å²) in [5, 5.41) is 0. The normalized spacial score (nSPS) is 10.9. The second-order valence-electron chi connectivity index (χ2n) is 3.11. The van der Waals surface area contributed by atoms with Gasteiger partial charge in [0, 0.05) is 5.69 Å². The van der Waals surface area contributed by atoms with E-state index in [2.05, 4.69) is 10.6 Å². The second kappa shape index (κ2) is 4.34. The van der Waals surface area contributed by atoms with Crippen molar-refractivity contribution in [1.82, 2.24) is 4.72 Å². The van der Waals surface area contributed by atoms with Crippen LogP contribution >= 0.6 is 0 Å². The summed E-state index contributed by atoms with van der Waals surface area (Å²) < 4.78 is 25.5. The maximum atomic E-state index is 11.6. The van der Waals surface area contributed by atoms with E-state index in [-0.39, 0.29) is 11.4 Å². The van der Waals surface area contributed by atoms with Crippen molar-refractivity contribution in [3.05, 3.63) is 23.8 Å². The fraction of sp³-hybridized carbons (Fsp3) is 0.200. The van der Waals surface area contributed by atoms with Crippen LogP contribution in [0.3, 0.4) is 0 Å². The summed E-state index contributed by atoms with van der Waals surface area (Å²) in [6, 6.07) is 4.63. The van der Waals surface area contributed by atoms with Gasteiger partial charge in [-0.3, -0.25) is 0 Å². The van der Waals surface area contributed by atoms with Gasteiger partial charge in [0.15, 0.2) is 0 Å². The van der Waals surface area contributed by atoms with Gasteiger partial charge in [-0.1, -0.05) is 5.92 Å². The van der Waals surface area contributed by atoms with Gasteiger partial charge in [-0.25, -0.2) is 8.42 Å². The molecule has 0 heterocycles. The Morgan fingerprint density at radius 2 is 2.13 bits per heavy atom. The highest BCUT2D eigenvalue weighted by atomic mass is 32.2. The van der Waals surface area contributed by atoms with Crippen molar-refractivity contribution in [3.8, 4) is 12.3 Å². The van der Waals surface area contributed by atoms with Crippen LogP contribution in [0.5, 0.6) is 0 Å². The fourth-order valence-electron chi connectivity index (χ4n) is 1.15. The zero-order valence-corrected chi connectivity index (χ0v) is 9.14. The van der Waals surface area contributed by atoms with Gasteiger partial charge in [-0.2, -0.15) is 4.72 Å². The quantitative estimate of drug-likeness (QED) is 0.579. The summed E-state index contributed by atoms with van der Waals surface area (Å²) in [6.45, 7) is 1.74. The summed E-state index contributed by atoms with van der Waals surface area (Å²) in [6.07, 6.45) is 4.97. The molecule has 1 aromatic carbocycles. The van der Waals surface area contributed by atoms with Gasteiger partial charge in [-0.15, -0.1) is 6.42 Å². The lowest BCUT2D eigenvalue weighted by atomic mass is 10.2. The van der Waals surface area contributed by atoms with Crippen LogP contribution in [-0.2, 0) is 10.0 Å². The van der Waals surface area contributed by atoms with Gasteiger partial charge >= 0.3 is 0 Å². The van der Waals surface area contributed by atoms with E-state index < -0.39 is 10.0 Å². The van der Waals surface area contributed by atoms with E-state index in [4.69, 9.17) is 12.2 Å². The molecule has 3 N–H and O–H groups in total. The number of hydrogen-bond acceptors (Lipinski definition) is 3. The van der Waals surface area contributed by atoms with E-state index in [0.29, 0.717) is 5.69 Å². The molecule has 0 atom stereocenters. The standard InChI is InChI=1S/C10H12N2O2S/c1-3-4-12-15(13,14)10-6-8(2)5-9(11)7-10/h1,5-7,12H,4,11H2,2H3. The first kappa shape index (κ1) is 11.6. The molecule has 80 valence electrons. The molecule has 0 aromatic heterocycles. The zero-order chi connectivity index (χ0) is 11.5. The maximum absolute atomic E-state index is 11.6. The minimum absolute atomic E-state index is 0.0316. The molecule has 0 unspecified atom stereocenters. The van der Waals surface area contributed by atoms with Crippen LogP contribution in [0.1, 0.15) is 5.56 Å². The lowest BCUT2D eigenvalue weighted by Gasteiger charge is -2.06. The van der Waals surface area contributed by atoms with Crippen LogP contribution in [0.25, 0.3) is 0 Å². The number of nitrogens with one attached hydrogen (secondary N) is 1. The topological polar surface area (TPSA) is 72.2 Å². The molecule has 1 aromatic rings. The first-order chi connectivity index (χ1) is 6.95. The van der Waals surface area contributed by atoms with E-state index in [9.17, 15) is 8.42 Å². The summed E-state index contributed by atoms with van der Waals surface area (Å²) >= 11 is 0. The Hall–Kier alpha value is -1.51. The molecule has 0 aliphatic carbocycles. The number of anilines is 1. The number of terminal acetylenes is 1. The molecule has 4 nitrogen and oxygen atoms in total. The van der Waals surface area contributed by atoms with E-state index in [1.165, 1.54) is 12.1 Å². The SMILES string of the molecule is C#CCNS(=O)(=O)c1cc(C)cc(N)c1. The summed E-state index contributed by atoms with van der Waals surface area (Å²) in [5.41, 5.74) is 6.75. The van der Waals surface area contributed by atoms with Crippen molar-refractivity contribution in [3.63, 3.8) is 0 Å². The van der Waals surface area contributed by atoms with Gasteiger partial charge in [0.2, 0.25) is 10.0 Å². The third-order valence-electron chi connectivity index (χ3n) is 1.75. The van der Waals surface area contributed by atoms with Crippen molar-refractivity contribution in [2.45, 2.75) is 11.8 Å². The Balaban J connectivity index is 3.11. The summed E-state index contributed by atoms with van der Waals surface area (Å²) in [5.74, 6) is 2.20. The predicted molar refractivity (Wildman–Crippen MR) is 59.6 cm³/mol. The Morgan fingerprint density at radius 3 is 2.67 bits per heavy atom. The highest BCUT2D eigenvalue weighted by molar-refractivity contribution is 7.89. The Kier molecular flexibility index (Phi) is 3.35. The zero-order valence-electron chi connectivity index (χ0n) is 8.32. The number of nitrogens with two attached hydrogens (primary N) is 1. The third kappa shape index (κ3) is 2.98. The molecule has 5 heteroatoms. The number of hydrogen-bond donors (Lipinski definition) is 2. The Labute approximate surface area is 89.5 Å². The average Bonchev–Trinajstić information content (AvgIpc) is 2.13. The maximum Gasteiger partial charge on any atom is 0.241 e. The molecule has 0 radical (unpaired) electrons. The minimum Gasteiger partial charge on any atom is -0.399 e. The minimum atomic E-state index is -3.54. The average molecular weight is 224 g/mol. The molecule has 0 amide bonds. The summed E-state index contributed by atoms with van der Waals surface area (Å²) in [4.78, 5) is 0.134. The van der Waals surface area contributed by atoms with Gasteiger partial charge in [0.25, 0.3) is 0 Å². The van der Waals surface area contributed by atoms with E-state index >= 15 is 0 Å². The molecular weight excluding hydrogens is 212 g/mol. The largest absolute Gasteiger partial charge is 0.399 e. The highest BCUT2D eigenvalue weighted by Gasteiger charge is 2.13. The van der Waals surface area contributed by atoms with Gasteiger partial charge < -0.3 is 5.73 Å². The lowest BCUT2D eigenvalue weighted by molar-refractivity contribution is 0.586. The second-order valence-corrected chi connectivity index (χ2v) is 4.88. The molecule has 1 rings (SSSR count). The van der Waals surface area contributed by atoms with Crippen LogP contribution < -0.4 is 10.5 Å². The van der Waals surface area contributed by atoms with Gasteiger partial charge in [0.05, 0.1) is 11.4 Å². The van der Waals surface area contributed by atoms with Crippen molar-refractivity contribution >= 4 is 15.7 Å². The first-order valence-corrected chi connectivity index (χ1v) is 5.74. The fourth-order valence-corrected chi connectivity index (χ4v) is 2.22. The molecule has 15 heavy (non-hydrogen) atoms. The van der Waals surface area contributed by atoms with E-state index in [1.807, 2.05) is 0 Å². The Bertz CT molecular complexity index is 480. The Morgan fingerprint density at radius 1 is 1.47 bits per heavy atom. The van der Waals surface area contributed by atoms with Crippen LogP contribution in [0, 0.1) is 19.3 Å². The molecule has 0 bridgehead atoms. The number of aryl methyl sites for hydroxylation is 1. The number of benzene rings is 1. The highest BCUT2D eigenvalue weighted by Crippen LogP contribution is 2.15. The number of sulfonamides is 1. The number of rotatable bonds is 3. The molecule has 0 fully saturated rings. The molecular formula is C10H12N2O2S. The van der Waals surface area contributed by atoms with Crippen LogP contribution in [-0.4, -0.2) is 15.0 Å². The molecule has 0 spiro atoms. The van der Waals surface area contributed by atoms with Crippen LogP contribution in [0.4, 0.5) is 5.69 Å². The first-order valence-electron chi connectivity index (χ1n) is 4.26. The molecule has 0 saturated carbocycles. The monoisotopic (exact) mass is 224 g/mol. The van der Waals surface area contributed by atoms with E-state index in [1.54, 1.807) is 13.0 Å². The van der Waals surface area contributed by atoms with Crippen LogP contribution in [0.15, 0.2) is 23.1 Å². The summed E-state index contributed by atoms with van der Waals surface area (Å²) in [7, 11) is -3.54. The van der Waals surface area contributed by atoms with E-state index in [0.717, 1.165) is 5.56 Å².